The van der Waals surface area contributed by atoms with Gasteiger partial charge in [-0.05, 0) is 45.4 Å². The Hall–Kier alpha value is -2.47. The van der Waals surface area contributed by atoms with Gasteiger partial charge in [0.1, 0.15) is 5.03 Å². The van der Waals surface area contributed by atoms with Crippen molar-refractivity contribution in [2.75, 3.05) is 5.75 Å². The highest BCUT2D eigenvalue weighted by Crippen LogP contribution is 2.25. The number of hydrogen-bond acceptors (Lipinski definition) is 5. The summed E-state index contributed by atoms with van der Waals surface area (Å²) in [7, 11) is 0. The van der Waals surface area contributed by atoms with E-state index in [2.05, 4.69) is 15.0 Å². The van der Waals surface area contributed by atoms with Crippen molar-refractivity contribution in [3.8, 4) is 0 Å². The first-order valence-corrected chi connectivity index (χ1v) is 8.96. The van der Waals surface area contributed by atoms with E-state index in [1.54, 1.807) is 6.92 Å². The first-order chi connectivity index (χ1) is 11.9. The molecule has 128 valence electrons. The first kappa shape index (κ1) is 17.4. The van der Waals surface area contributed by atoms with Crippen LogP contribution in [-0.2, 0) is 0 Å². The monoisotopic (exact) mass is 353 g/mol. The molecule has 5 nitrogen and oxygen atoms in total. The molecule has 0 unspecified atom stereocenters. The Bertz CT molecular complexity index is 992. The summed E-state index contributed by atoms with van der Waals surface area (Å²) in [5.74, 6) is 0.160. The number of ketones is 2. The smallest absolute Gasteiger partial charge is 0.189 e. The van der Waals surface area contributed by atoms with Gasteiger partial charge in [0, 0.05) is 11.3 Å². The quantitative estimate of drug-likeness (QED) is 0.553. The third-order valence-corrected chi connectivity index (χ3v) is 5.18. The lowest BCUT2D eigenvalue weighted by Crippen LogP contribution is -2.06. The molecular formula is C19H19N3O2S. The number of thioether (sulfide) groups is 1. The van der Waals surface area contributed by atoms with Crippen LogP contribution in [0.4, 0.5) is 0 Å². The van der Waals surface area contributed by atoms with Gasteiger partial charge < -0.3 is 4.98 Å². The predicted molar refractivity (Wildman–Crippen MR) is 99.6 cm³/mol. The van der Waals surface area contributed by atoms with Gasteiger partial charge >= 0.3 is 0 Å². The Morgan fingerprint density at radius 1 is 1.08 bits per heavy atom. The van der Waals surface area contributed by atoms with Crippen molar-refractivity contribution >= 4 is 34.4 Å². The summed E-state index contributed by atoms with van der Waals surface area (Å²) in [5.41, 5.74) is 5.03. The number of aromatic amines is 1. The van der Waals surface area contributed by atoms with Crippen LogP contribution < -0.4 is 0 Å². The summed E-state index contributed by atoms with van der Waals surface area (Å²) in [5, 5.41) is 0.750. The molecule has 0 aliphatic heterocycles. The van der Waals surface area contributed by atoms with Gasteiger partial charge in [-0.1, -0.05) is 23.9 Å². The number of para-hydroxylation sites is 2. The van der Waals surface area contributed by atoms with Gasteiger partial charge in [-0.3, -0.25) is 9.59 Å². The molecule has 6 heteroatoms. The van der Waals surface area contributed by atoms with Crippen molar-refractivity contribution in [3.63, 3.8) is 0 Å². The minimum absolute atomic E-state index is 0.0332. The van der Waals surface area contributed by atoms with Crippen LogP contribution in [0, 0.1) is 20.8 Å². The summed E-state index contributed by atoms with van der Waals surface area (Å²) in [6.07, 6.45) is 0. The topological polar surface area (TPSA) is 75.7 Å². The first-order valence-electron chi connectivity index (χ1n) is 7.98. The fourth-order valence-corrected chi connectivity index (χ4v) is 3.80. The Balaban J connectivity index is 1.82. The minimum Gasteiger partial charge on any atom is -0.355 e. The summed E-state index contributed by atoms with van der Waals surface area (Å²) in [6, 6.07) is 7.67. The number of rotatable bonds is 5. The normalized spacial score (nSPS) is 11.0. The van der Waals surface area contributed by atoms with Gasteiger partial charge in [-0.25, -0.2) is 9.97 Å². The number of nitrogens with one attached hydrogen (secondary N) is 1. The maximum Gasteiger partial charge on any atom is 0.189 e. The molecule has 0 bridgehead atoms. The number of fused-ring (bicyclic) bond motifs is 1. The highest BCUT2D eigenvalue weighted by molar-refractivity contribution is 8.00. The maximum absolute atomic E-state index is 12.6. The van der Waals surface area contributed by atoms with Gasteiger partial charge in [0.05, 0.1) is 28.2 Å². The van der Waals surface area contributed by atoms with E-state index >= 15 is 0 Å². The Kier molecular flexibility index (Phi) is 4.72. The van der Waals surface area contributed by atoms with E-state index < -0.39 is 0 Å². The molecule has 0 aliphatic carbocycles. The van der Waals surface area contributed by atoms with E-state index in [-0.39, 0.29) is 17.3 Å². The summed E-state index contributed by atoms with van der Waals surface area (Å²) < 4.78 is 0. The molecule has 2 aromatic heterocycles. The molecule has 0 saturated heterocycles. The second kappa shape index (κ2) is 6.80. The van der Waals surface area contributed by atoms with Gasteiger partial charge in [0.2, 0.25) is 0 Å². The van der Waals surface area contributed by atoms with E-state index in [1.807, 2.05) is 38.1 Å². The van der Waals surface area contributed by atoms with E-state index in [4.69, 9.17) is 0 Å². The Morgan fingerprint density at radius 2 is 1.72 bits per heavy atom. The summed E-state index contributed by atoms with van der Waals surface area (Å²) >= 11 is 1.37. The van der Waals surface area contributed by atoms with Crippen LogP contribution >= 0.6 is 11.8 Å². The van der Waals surface area contributed by atoms with Crippen LogP contribution in [0.25, 0.3) is 11.0 Å². The van der Waals surface area contributed by atoms with Crippen LogP contribution in [0.15, 0.2) is 29.3 Å². The van der Waals surface area contributed by atoms with Crippen LogP contribution in [-0.4, -0.2) is 32.3 Å². The number of aromatic nitrogens is 3. The van der Waals surface area contributed by atoms with Crippen molar-refractivity contribution in [1.29, 1.82) is 0 Å². The van der Waals surface area contributed by atoms with Crippen molar-refractivity contribution < 1.29 is 9.59 Å². The second-order valence-electron chi connectivity index (χ2n) is 6.00. The molecular weight excluding hydrogens is 334 g/mol. The van der Waals surface area contributed by atoms with Crippen molar-refractivity contribution in [1.82, 2.24) is 15.0 Å². The Labute approximate surface area is 150 Å². The molecule has 0 atom stereocenters. The number of Topliss-reactive ketones (excluding diaryl/α,β-unsaturated/α-hetero) is 2. The molecule has 1 N–H and O–H groups in total. The van der Waals surface area contributed by atoms with Crippen molar-refractivity contribution in [2.24, 2.45) is 0 Å². The Morgan fingerprint density at radius 3 is 2.32 bits per heavy atom. The lowest BCUT2D eigenvalue weighted by atomic mass is 10.1. The number of carbonyl (C=O) groups is 2. The number of H-pyrrole nitrogens is 1. The number of carbonyl (C=O) groups excluding carboxylic acids is 2. The SMILES string of the molecule is CC(=O)c1c(C)[nH]c(C(=O)CSc2nc3ccccc3nc2C)c1C. The minimum atomic E-state index is -0.0486. The molecule has 2 heterocycles. The molecule has 0 spiro atoms. The summed E-state index contributed by atoms with van der Waals surface area (Å²) in [6.45, 7) is 7.02. The molecule has 0 saturated carbocycles. The summed E-state index contributed by atoms with van der Waals surface area (Å²) in [4.78, 5) is 36.5. The van der Waals surface area contributed by atoms with Gasteiger partial charge in [-0.2, -0.15) is 0 Å². The van der Waals surface area contributed by atoms with Gasteiger partial charge in [0.15, 0.2) is 11.6 Å². The number of nitrogens with zero attached hydrogens (tertiary/aromatic N) is 2. The molecule has 0 fully saturated rings. The third-order valence-electron chi connectivity index (χ3n) is 4.11. The van der Waals surface area contributed by atoms with Crippen LogP contribution in [0.1, 0.15) is 44.7 Å². The molecule has 1 aromatic carbocycles. The van der Waals surface area contributed by atoms with Crippen LogP contribution in [0.5, 0.6) is 0 Å². The average Bonchev–Trinajstić information content (AvgIpc) is 2.87. The number of hydrogen-bond donors (Lipinski definition) is 1. The third kappa shape index (κ3) is 3.35. The molecule has 0 amide bonds. The van der Waals surface area contributed by atoms with E-state index in [0.29, 0.717) is 11.3 Å². The van der Waals surface area contributed by atoms with E-state index in [9.17, 15) is 9.59 Å². The molecule has 3 rings (SSSR count). The van der Waals surface area contributed by atoms with Crippen molar-refractivity contribution in [2.45, 2.75) is 32.7 Å². The maximum atomic E-state index is 12.6. The zero-order valence-corrected chi connectivity index (χ0v) is 15.5. The average molecular weight is 353 g/mol. The molecule has 0 aliphatic rings. The van der Waals surface area contributed by atoms with Crippen LogP contribution in [0.3, 0.4) is 0 Å². The molecule has 3 aromatic rings. The van der Waals surface area contributed by atoms with Gasteiger partial charge in [-0.15, -0.1) is 0 Å². The lowest BCUT2D eigenvalue weighted by Gasteiger charge is -2.06. The predicted octanol–water partition coefficient (Wildman–Crippen LogP) is 4.06. The second-order valence-corrected chi connectivity index (χ2v) is 6.96. The molecule has 0 radical (unpaired) electrons. The lowest BCUT2D eigenvalue weighted by molar-refractivity contribution is 0.101. The fraction of sp³-hybridized carbons (Fsp3) is 0.263. The highest BCUT2D eigenvalue weighted by atomic mass is 32.2. The fourth-order valence-electron chi connectivity index (χ4n) is 2.97. The van der Waals surface area contributed by atoms with Crippen LogP contribution in [0.2, 0.25) is 0 Å². The van der Waals surface area contributed by atoms with Gasteiger partial charge in [0.25, 0.3) is 0 Å². The van der Waals surface area contributed by atoms with Crippen molar-refractivity contribution in [3.05, 3.63) is 52.5 Å². The number of benzene rings is 1. The highest BCUT2D eigenvalue weighted by Gasteiger charge is 2.20. The number of aryl methyl sites for hydroxylation is 2. The standard InChI is InChI=1S/C19H19N3O2S/c1-10-17(13(4)23)11(2)21-18(10)16(24)9-25-19-12(3)20-14-7-5-6-8-15(14)22-19/h5-8,21H,9H2,1-4H3. The zero-order valence-electron chi connectivity index (χ0n) is 14.6. The zero-order chi connectivity index (χ0) is 18.1. The van der Waals surface area contributed by atoms with E-state index in [0.717, 1.165) is 33.0 Å². The molecule has 25 heavy (non-hydrogen) atoms. The van der Waals surface area contributed by atoms with E-state index in [1.165, 1.54) is 18.7 Å². The largest absolute Gasteiger partial charge is 0.355 e.